The average molecular weight is 188 g/mol. The number of carbonyl (C=O) groups excluding carboxylic acids is 1. The molecule has 70 valence electrons. The van der Waals surface area contributed by atoms with Gasteiger partial charge in [0.2, 0.25) is 5.91 Å². The number of hydrogen-bond acceptors (Lipinski definition) is 3. The number of carbonyl (C=O) groups is 1. The maximum Gasteiger partial charge on any atom is 0.241 e. The zero-order chi connectivity index (χ0) is 9.14. The molecule has 0 radical (unpaired) electrons. The Labute approximate surface area is 77.7 Å². The molecule has 1 aliphatic rings. The second-order valence-corrected chi connectivity index (χ2v) is 4.21. The number of nitrogens with two attached hydrogens (primary N) is 1. The van der Waals surface area contributed by atoms with E-state index < -0.39 is 0 Å². The van der Waals surface area contributed by atoms with Crippen LogP contribution >= 0.6 is 11.8 Å². The Balaban J connectivity index is 2.25. The summed E-state index contributed by atoms with van der Waals surface area (Å²) in [6.07, 6.45) is 3.15. The van der Waals surface area contributed by atoms with E-state index in [0.717, 1.165) is 18.7 Å². The molecule has 1 heterocycles. The lowest BCUT2D eigenvalue weighted by Crippen LogP contribution is -2.63. The van der Waals surface area contributed by atoms with Crippen molar-refractivity contribution < 1.29 is 4.79 Å². The number of hydrogen-bond donors (Lipinski definition) is 1. The predicted molar refractivity (Wildman–Crippen MR) is 52.1 cm³/mol. The molecule has 1 rings (SSSR count). The normalized spacial score (nSPS) is 25.4. The molecule has 1 amide bonds. The number of β-lactam (4-membered cyclic amide) rings is 1. The quantitative estimate of drug-likeness (QED) is 0.645. The Kier molecular flexibility index (Phi) is 3.40. The Morgan fingerprint density at radius 1 is 1.83 bits per heavy atom. The molecular formula is C8H16N2OS. The third kappa shape index (κ3) is 1.93. The van der Waals surface area contributed by atoms with Crippen LogP contribution in [0.1, 0.15) is 13.3 Å². The molecule has 1 aliphatic heterocycles. The molecule has 1 fully saturated rings. The summed E-state index contributed by atoms with van der Waals surface area (Å²) in [7, 11) is 0. The summed E-state index contributed by atoms with van der Waals surface area (Å²) in [6, 6.07) is 0.145. The summed E-state index contributed by atoms with van der Waals surface area (Å²) in [4.78, 5) is 13.0. The third-order valence-electron chi connectivity index (χ3n) is 2.27. The number of likely N-dealkylation sites (tertiary alicyclic amines) is 1. The number of amides is 1. The Hall–Kier alpha value is -0.220. The van der Waals surface area contributed by atoms with Crippen molar-refractivity contribution in [1.29, 1.82) is 0 Å². The molecule has 4 heteroatoms. The fourth-order valence-corrected chi connectivity index (χ4v) is 1.90. The van der Waals surface area contributed by atoms with Crippen LogP contribution < -0.4 is 5.73 Å². The van der Waals surface area contributed by atoms with Crippen LogP contribution in [0.4, 0.5) is 0 Å². The minimum Gasteiger partial charge on any atom is -0.336 e. The van der Waals surface area contributed by atoms with E-state index in [2.05, 4.69) is 13.2 Å². The Bertz CT molecular complexity index is 174. The molecule has 12 heavy (non-hydrogen) atoms. The minimum atomic E-state index is -0.221. The second kappa shape index (κ2) is 4.14. The van der Waals surface area contributed by atoms with Crippen LogP contribution in [0.15, 0.2) is 0 Å². The highest BCUT2D eigenvalue weighted by atomic mass is 32.2. The lowest BCUT2D eigenvalue weighted by Gasteiger charge is -2.40. The van der Waals surface area contributed by atoms with E-state index in [9.17, 15) is 4.79 Å². The van der Waals surface area contributed by atoms with Crippen LogP contribution in [0.2, 0.25) is 0 Å². The summed E-state index contributed by atoms with van der Waals surface area (Å²) in [5, 5.41) is 0. The highest BCUT2D eigenvalue weighted by Gasteiger charge is 2.35. The van der Waals surface area contributed by atoms with Gasteiger partial charge in [-0.05, 0) is 25.4 Å². The van der Waals surface area contributed by atoms with Crippen LogP contribution in [-0.4, -0.2) is 41.4 Å². The molecule has 0 aromatic carbocycles. The summed E-state index contributed by atoms with van der Waals surface area (Å²) < 4.78 is 0. The van der Waals surface area contributed by atoms with Gasteiger partial charge in [-0.25, -0.2) is 0 Å². The molecule has 2 N–H and O–H groups in total. The molecule has 0 bridgehead atoms. The molecule has 0 saturated carbocycles. The first kappa shape index (κ1) is 9.86. The van der Waals surface area contributed by atoms with Gasteiger partial charge < -0.3 is 10.6 Å². The lowest BCUT2D eigenvalue weighted by atomic mass is 10.0. The van der Waals surface area contributed by atoms with Gasteiger partial charge in [-0.15, -0.1) is 0 Å². The second-order valence-electron chi connectivity index (χ2n) is 3.23. The van der Waals surface area contributed by atoms with Gasteiger partial charge in [-0.1, -0.05) is 0 Å². The van der Waals surface area contributed by atoms with Crippen molar-refractivity contribution in [3.63, 3.8) is 0 Å². The highest BCUT2D eigenvalue weighted by Crippen LogP contribution is 2.15. The van der Waals surface area contributed by atoms with Gasteiger partial charge in [-0.3, -0.25) is 4.79 Å². The number of thioether (sulfide) groups is 1. The van der Waals surface area contributed by atoms with Crippen molar-refractivity contribution in [2.75, 3.05) is 18.6 Å². The van der Waals surface area contributed by atoms with E-state index in [-0.39, 0.29) is 11.9 Å². The Morgan fingerprint density at radius 2 is 2.50 bits per heavy atom. The molecule has 2 unspecified atom stereocenters. The maximum absolute atomic E-state index is 11.2. The van der Waals surface area contributed by atoms with Gasteiger partial charge in [-0.2, -0.15) is 11.8 Å². The van der Waals surface area contributed by atoms with Crippen molar-refractivity contribution >= 4 is 17.7 Å². The van der Waals surface area contributed by atoms with Crippen LogP contribution in [0, 0.1) is 0 Å². The van der Waals surface area contributed by atoms with E-state index in [1.54, 1.807) is 0 Å². The standard InChI is InChI=1S/C8H16N2OS/c1-6(3-4-12-2)10-5-7(9)8(10)11/h6-7H,3-5,9H2,1-2H3. The van der Waals surface area contributed by atoms with Crippen molar-refractivity contribution in [3.05, 3.63) is 0 Å². The monoisotopic (exact) mass is 188 g/mol. The first-order valence-corrected chi connectivity index (χ1v) is 5.61. The van der Waals surface area contributed by atoms with Crippen LogP contribution in [0.3, 0.4) is 0 Å². The van der Waals surface area contributed by atoms with Gasteiger partial charge in [0, 0.05) is 12.6 Å². The largest absolute Gasteiger partial charge is 0.336 e. The molecular weight excluding hydrogens is 172 g/mol. The van der Waals surface area contributed by atoms with Crippen molar-refractivity contribution in [1.82, 2.24) is 4.90 Å². The van der Waals surface area contributed by atoms with Crippen LogP contribution in [0.25, 0.3) is 0 Å². The molecule has 0 aromatic rings. The topological polar surface area (TPSA) is 46.3 Å². The number of rotatable bonds is 4. The van der Waals surface area contributed by atoms with E-state index in [1.165, 1.54) is 0 Å². The number of nitrogens with zero attached hydrogens (tertiary/aromatic N) is 1. The zero-order valence-corrected chi connectivity index (χ0v) is 8.43. The first-order chi connectivity index (χ1) is 5.66. The fourth-order valence-electron chi connectivity index (χ4n) is 1.32. The average Bonchev–Trinajstić information content (AvgIpc) is 2.09. The summed E-state index contributed by atoms with van der Waals surface area (Å²) >= 11 is 1.81. The van der Waals surface area contributed by atoms with E-state index in [0.29, 0.717) is 6.04 Å². The first-order valence-electron chi connectivity index (χ1n) is 4.21. The maximum atomic E-state index is 11.2. The molecule has 1 saturated heterocycles. The third-order valence-corrected chi connectivity index (χ3v) is 2.91. The molecule has 0 spiro atoms. The van der Waals surface area contributed by atoms with Crippen LogP contribution in [-0.2, 0) is 4.79 Å². The highest BCUT2D eigenvalue weighted by molar-refractivity contribution is 7.98. The van der Waals surface area contributed by atoms with Crippen LogP contribution in [0.5, 0.6) is 0 Å². The summed E-state index contributed by atoms with van der Waals surface area (Å²) in [5.74, 6) is 1.23. The molecule has 0 aromatic heterocycles. The van der Waals surface area contributed by atoms with Gasteiger partial charge in [0.1, 0.15) is 6.04 Å². The zero-order valence-electron chi connectivity index (χ0n) is 7.62. The summed E-state index contributed by atoms with van der Waals surface area (Å²) in [5.41, 5.74) is 5.48. The van der Waals surface area contributed by atoms with Crippen molar-refractivity contribution in [3.8, 4) is 0 Å². The van der Waals surface area contributed by atoms with E-state index in [1.807, 2.05) is 16.7 Å². The van der Waals surface area contributed by atoms with E-state index in [4.69, 9.17) is 5.73 Å². The molecule has 3 nitrogen and oxygen atoms in total. The minimum absolute atomic E-state index is 0.114. The van der Waals surface area contributed by atoms with Gasteiger partial charge in [0.15, 0.2) is 0 Å². The van der Waals surface area contributed by atoms with Crippen molar-refractivity contribution in [2.45, 2.75) is 25.4 Å². The SMILES string of the molecule is CSCCC(C)N1CC(N)C1=O. The van der Waals surface area contributed by atoms with E-state index >= 15 is 0 Å². The van der Waals surface area contributed by atoms with Gasteiger partial charge >= 0.3 is 0 Å². The predicted octanol–water partition coefficient (Wildman–Crippen LogP) is 0.297. The van der Waals surface area contributed by atoms with Gasteiger partial charge in [0.05, 0.1) is 0 Å². The lowest BCUT2D eigenvalue weighted by molar-refractivity contribution is -0.145. The fraction of sp³-hybridized carbons (Fsp3) is 0.875. The van der Waals surface area contributed by atoms with Crippen molar-refractivity contribution in [2.24, 2.45) is 5.73 Å². The smallest absolute Gasteiger partial charge is 0.241 e. The Morgan fingerprint density at radius 3 is 2.92 bits per heavy atom. The molecule has 2 atom stereocenters. The molecule has 0 aliphatic carbocycles. The van der Waals surface area contributed by atoms with Gasteiger partial charge in [0.25, 0.3) is 0 Å². The summed E-state index contributed by atoms with van der Waals surface area (Å²) in [6.45, 7) is 2.83.